The van der Waals surface area contributed by atoms with Crippen LogP contribution in [0.2, 0.25) is 0 Å². The number of aromatic nitrogens is 1. The van der Waals surface area contributed by atoms with Gasteiger partial charge in [0.15, 0.2) is 0 Å². The van der Waals surface area contributed by atoms with Gasteiger partial charge in [0.25, 0.3) is 0 Å². The van der Waals surface area contributed by atoms with Gasteiger partial charge in [0.1, 0.15) is 5.00 Å². The summed E-state index contributed by atoms with van der Waals surface area (Å²) in [5.41, 5.74) is 1.11. The summed E-state index contributed by atoms with van der Waals surface area (Å²) in [4.78, 5) is 0. The monoisotopic (exact) mass is 260 g/mol. The Bertz CT molecular complexity index is 534. The van der Waals surface area contributed by atoms with Crippen molar-refractivity contribution in [2.75, 3.05) is 5.32 Å². The van der Waals surface area contributed by atoms with Gasteiger partial charge in [-0.15, -0.1) is 0 Å². The van der Waals surface area contributed by atoms with E-state index in [4.69, 9.17) is 0 Å². The van der Waals surface area contributed by atoms with Crippen LogP contribution in [0.1, 0.15) is 33.1 Å². The highest BCUT2D eigenvalue weighted by Gasteiger charge is 2.25. The van der Waals surface area contributed by atoms with Crippen molar-refractivity contribution in [3.8, 4) is 0 Å². The fourth-order valence-corrected chi connectivity index (χ4v) is 3.70. The van der Waals surface area contributed by atoms with E-state index in [2.05, 4.69) is 47.8 Å². The van der Waals surface area contributed by atoms with Gasteiger partial charge in [-0.3, -0.25) is 0 Å². The predicted molar refractivity (Wildman–Crippen MR) is 79.2 cm³/mol. The highest BCUT2D eigenvalue weighted by atomic mass is 32.1. The van der Waals surface area contributed by atoms with Crippen LogP contribution in [0.4, 0.5) is 5.00 Å². The molecule has 0 spiro atoms. The van der Waals surface area contributed by atoms with Gasteiger partial charge in [0.05, 0.1) is 5.52 Å². The molecule has 3 atom stereocenters. The molecule has 0 bridgehead atoms. The molecule has 0 radical (unpaired) electrons. The van der Waals surface area contributed by atoms with Gasteiger partial charge in [-0.05, 0) is 54.8 Å². The van der Waals surface area contributed by atoms with Crippen LogP contribution >= 0.6 is 11.5 Å². The maximum atomic E-state index is 4.50. The Hall–Kier alpha value is -1.09. The van der Waals surface area contributed by atoms with Crippen molar-refractivity contribution in [1.29, 1.82) is 0 Å². The van der Waals surface area contributed by atoms with E-state index >= 15 is 0 Å². The molecule has 1 heterocycles. The van der Waals surface area contributed by atoms with Gasteiger partial charge in [-0.1, -0.05) is 26.0 Å². The zero-order valence-corrected chi connectivity index (χ0v) is 11.8. The zero-order chi connectivity index (χ0) is 12.5. The molecule has 1 aromatic carbocycles. The van der Waals surface area contributed by atoms with E-state index in [1.165, 1.54) is 29.6 Å². The number of nitrogens with zero attached hydrogens (tertiary/aromatic N) is 1. The molecule has 2 nitrogen and oxygen atoms in total. The Kier molecular flexibility index (Phi) is 3.25. The van der Waals surface area contributed by atoms with Crippen LogP contribution in [0.25, 0.3) is 10.9 Å². The van der Waals surface area contributed by atoms with Crippen LogP contribution in [0.15, 0.2) is 24.3 Å². The molecule has 1 aromatic heterocycles. The quantitative estimate of drug-likeness (QED) is 0.858. The summed E-state index contributed by atoms with van der Waals surface area (Å²) in [6.45, 7) is 4.76. The smallest absolute Gasteiger partial charge is 0.117 e. The molecule has 96 valence electrons. The molecule has 1 N–H and O–H groups in total. The van der Waals surface area contributed by atoms with Crippen LogP contribution < -0.4 is 5.32 Å². The van der Waals surface area contributed by atoms with Crippen molar-refractivity contribution in [3.05, 3.63) is 24.3 Å². The summed E-state index contributed by atoms with van der Waals surface area (Å²) >= 11 is 1.60. The number of nitrogens with one attached hydrogen (secondary N) is 1. The fourth-order valence-electron chi connectivity index (χ4n) is 2.86. The van der Waals surface area contributed by atoms with Crippen LogP contribution in [0.3, 0.4) is 0 Å². The van der Waals surface area contributed by atoms with Gasteiger partial charge < -0.3 is 5.32 Å². The van der Waals surface area contributed by atoms with Gasteiger partial charge in [0.2, 0.25) is 0 Å². The first-order valence-electron chi connectivity index (χ1n) is 6.85. The first-order valence-corrected chi connectivity index (χ1v) is 7.62. The topological polar surface area (TPSA) is 24.9 Å². The lowest BCUT2D eigenvalue weighted by Crippen LogP contribution is -2.30. The Balaban J connectivity index is 1.76. The highest BCUT2D eigenvalue weighted by molar-refractivity contribution is 7.11. The van der Waals surface area contributed by atoms with E-state index in [0.29, 0.717) is 6.04 Å². The van der Waals surface area contributed by atoms with Gasteiger partial charge >= 0.3 is 0 Å². The summed E-state index contributed by atoms with van der Waals surface area (Å²) in [6, 6.07) is 9.02. The van der Waals surface area contributed by atoms with E-state index in [0.717, 1.165) is 17.4 Å². The first kappa shape index (κ1) is 12.0. The minimum Gasteiger partial charge on any atom is -0.372 e. The molecule has 2 aromatic rings. The molecule has 0 saturated heterocycles. The zero-order valence-electron chi connectivity index (χ0n) is 11.0. The fraction of sp³-hybridized carbons (Fsp3) is 0.533. The van der Waals surface area contributed by atoms with Crippen molar-refractivity contribution < 1.29 is 0 Å². The predicted octanol–water partition coefficient (Wildman–Crippen LogP) is 4.53. The number of benzene rings is 1. The number of hydrogen-bond acceptors (Lipinski definition) is 3. The lowest BCUT2D eigenvalue weighted by atomic mass is 9.79. The van der Waals surface area contributed by atoms with Crippen molar-refractivity contribution in [1.82, 2.24) is 4.37 Å². The minimum atomic E-state index is 0.625. The van der Waals surface area contributed by atoms with E-state index < -0.39 is 0 Å². The molecule has 3 unspecified atom stereocenters. The number of hydrogen-bond donors (Lipinski definition) is 1. The van der Waals surface area contributed by atoms with Gasteiger partial charge in [-0.25, -0.2) is 0 Å². The third-order valence-corrected chi connectivity index (χ3v) is 5.13. The molecular weight excluding hydrogens is 240 g/mol. The lowest BCUT2D eigenvalue weighted by molar-refractivity contribution is 0.261. The Labute approximate surface area is 113 Å². The van der Waals surface area contributed by atoms with Crippen molar-refractivity contribution >= 4 is 27.4 Å². The summed E-state index contributed by atoms with van der Waals surface area (Å²) in [7, 11) is 0. The van der Waals surface area contributed by atoms with Gasteiger partial charge in [0, 0.05) is 11.4 Å². The van der Waals surface area contributed by atoms with E-state index in [1.807, 2.05) is 0 Å². The van der Waals surface area contributed by atoms with Crippen molar-refractivity contribution in [2.45, 2.75) is 39.2 Å². The largest absolute Gasteiger partial charge is 0.372 e. The molecule has 1 fully saturated rings. The maximum absolute atomic E-state index is 4.50. The average Bonchev–Trinajstić information content (AvgIpc) is 2.78. The lowest BCUT2D eigenvalue weighted by Gasteiger charge is -2.32. The summed E-state index contributed by atoms with van der Waals surface area (Å²) in [5, 5.41) is 6.23. The second kappa shape index (κ2) is 4.88. The van der Waals surface area contributed by atoms with Crippen LogP contribution in [-0.2, 0) is 0 Å². The van der Waals surface area contributed by atoms with E-state index in [-0.39, 0.29) is 0 Å². The van der Waals surface area contributed by atoms with Crippen LogP contribution in [0.5, 0.6) is 0 Å². The molecule has 1 saturated carbocycles. The third kappa shape index (κ3) is 2.24. The normalized spacial score (nSPS) is 28.4. The molecule has 3 rings (SSSR count). The van der Waals surface area contributed by atoms with Crippen LogP contribution in [-0.4, -0.2) is 10.4 Å². The Morgan fingerprint density at radius 3 is 2.83 bits per heavy atom. The second-order valence-corrected chi connectivity index (χ2v) is 6.41. The number of anilines is 1. The second-order valence-electron chi connectivity index (χ2n) is 5.64. The summed E-state index contributed by atoms with van der Waals surface area (Å²) < 4.78 is 4.50. The average molecular weight is 260 g/mol. The molecule has 0 amide bonds. The Morgan fingerprint density at radius 1 is 1.17 bits per heavy atom. The first-order chi connectivity index (χ1) is 8.74. The third-order valence-electron chi connectivity index (χ3n) is 4.32. The molecule has 1 aliphatic rings. The SMILES string of the molecule is CC1CCC(Nc2snc3ccccc23)CC1C. The maximum Gasteiger partial charge on any atom is 0.117 e. The molecule has 3 heteroatoms. The van der Waals surface area contributed by atoms with Crippen LogP contribution in [0, 0.1) is 11.8 Å². The van der Waals surface area contributed by atoms with Crippen molar-refractivity contribution in [3.63, 3.8) is 0 Å². The van der Waals surface area contributed by atoms with E-state index in [9.17, 15) is 0 Å². The summed E-state index contributed by atoms with van der Waals surface area (Å²) in [5.74, 6) is 1.71. The minimum absolute atomic E-state index is 0.625. The molecule has 1 aliphatic carbocycles. The number of fused-ring (bicyclic) bond motifs is 1. The molecule has 18 heavy (non-hydrogen) atoms. The molecular formula is C15H20N2S. The molecule has 0 aliphatic heterocycles. The van der Waals surface area contributed by atoms with E-state index in [1.54, 1.807) is 11.5 Å². The van der Waals surface area contributed by atoms with Crippen molar-refractivity contribution in [2.24, 2.45) is 11.8 Å². The standard InChI is InChI=1S/C15H20N2S/c1-10-7-8-12(9-11(10)2)16-15-13-5-3-4-6-14(13)17-18-15/h3-6,10-12,16H,7-9H2,1-2H3. The van der Waals surface area contributed by atoms with Gasteiger partial charge in [-0.2, -0.15) is 4.37 Å². The Morgan fingerprint density at radius 2 is 2.00 bits per heavy atom. The highest BCUT2D eigenvalue weighted by Crippen LogP contribution is 2.34. The number of rotatable bonds is 2. The summed E-state index contributed by atoms with van der Waals surface area (Å²) in [6.07, 6.45) is 3.92.